The largest absolute Gasteiger partial charge is 0.301 e. The molecule has 0 saturated heterocycles. The van der Waals surface area contributed by atoms with Crippen LogP contribution < -0.4 is 5.32 Å². The molecule has 1 amide bonds. The van der Waals surface area contributed by atoms with Crippen molar-refractivity contribution in [1.29, 1.82) is 0 Å². The van der Waals surface area contributed by atoms with Crippen molar-refractivity contribution in [3.8, 4) is 11.3 Å². The number of nitrogens with one attached hydrogen (secondary N) is 1. The molecule has 26 heavy (non-hydrogen) atoms. The van der Waals surface area contributed by atoms with Gasteiger partial charge in [0, 0.05) is 15.4 Å². The number of nitrogens with zero attached hydrogens (tertiary/aromatic N) is 1. The number of aromatic nitrogens is 1. The van der Waals surface area contributed by atoms with Gasteiger partial charge in [-0.3, -0.25) is 4.79 Å². The van der Waals surface area contributed by atoms with Crippen LogP contribution in [0.4, 0.5) is 5.13 Å². The molecule has 0 fully saturated rings. The second-order valence-electron chi connectivity index (χ2n) is 5.61. The van der Waals surface area contributed by atoms with Crippen molar-refractivity contribution < 1.29 is 13.2 Å². The maximum Gasteiger partial charge on any atom is 0.241 e. The van der Waals surface area contributed by atoms with E-state index in [1.807, 2.05) is 35.7 Å². The lowest BCUT2D eigenvalue weighted by Gasteiger charge is -2.04. The molecule has 1 aromatic heterocycles. The second-order valence-corrected chi connectivity index (χ2v) is 9.45. The zero-order chi connectivity index (χ0) is 18.6. The molecule has 0 radical (unpaired) electrons. The maximum absolute atomic E-state index is 12.2. The SMILES string of the molecule is O=C(CS(=O)(=O)Cc1ccccc1)Nc1nc(-c2ccc(Br)cc2)cs1. The molecule has 1 N–H and O–H groups in total. The summed E-state index contributed by atoms with van der Waals surface area (Å²) in [4.78, 5) is 16.4. The van der Waals surface area contributed by atoms with E-state index in [1.165, 1.54) is 11.3 Å². The molecular formula is C18H15BrN2O3S2. The molecule has 0 aliphatic carbocycles. The van der Waals surface area contributed by atoms with Gasteiger partial charge in [-0.05, 0) is 17.7 Å². The summed E-state index contributed by atoms with van der Waals surface area (Å²) in [5.74, 6) is -1.32. The van der Waals surface area contributed by atoms with Gasteiger partial charge in [0.2, 0.25) is 5.91 Å². The first-order chi connectivity index (χ1) is 12.4. The molecule has 2 aromatic carbocycles. The predicted octanol–water partition coefficient (Wildman–Crippen LogP) is 4.13. The molecule has 5 nitrogen and oxygen atoms in total. The Hall–Kier alpha value is -2.03. The molecule has 8 heteroatoms. The number of amides is 1. The number of carbonyl (C=O) groups excluding carboxylic acids is 1. The average molecular weight is 451 g/mol. The van der Waals surface area contributed by atoms with Crippen molar-refractivity contribution in [2.75, 3.05) is 11.1 Å². The third kappa shape index (κ3) is 5.23. The van der Waals surface area contributed by atoms with E-state index < -0.39 is 21.5 Å². The molecule has 0 bridgehead atoms. The van der Waals surface area contributed by atoms with Crippen molar-refractivity contribution in [1.82, 2.24) is 4.98 Å². The Kier molecular flexibility index (Phi) is 5.85. The summed E-state index contributed by atoms with van der Waals surface area (Å²) in [6.07, 6.45) is 0. The Balaban J connectivity index is 1.62. The van der Waals surface area contributed by atoms with Gasteiger partial charge in [-0.1, -0.05) is 58.4 Å². The number of sulfone groups is 1. The molecule has 0 aliphatic heterocycles. The molecule has 0 saturated carbocycles. The van der Waals surface area contributed by atoms with Gasteiger partial charge in [-0.2, -0.15) is 0 Å². The fourth-order valence-corrected chi connectivity index (χ4v) is 4.59. The third-order valence-corrected chi connectivity index (χ3v) is 6.23. The van der Waals surface area contributed by atoms with Crippen LogP contribution in [0.2, 0.25) is 0 Å². The standard InChI is InChI=1S/C18H15BrN2O3S2/c19-15-8-6-14(7-9-15)16-10-25-18(20-16)21-17(22)12-26(23,24)11-13-4-2-1-3-5-13/h1-10H,11-12H2,(H,20,21,22). The van der Waals surface area contributed by atoms with Crippen molar-refractivity contribution >= 4 is 48.1 Å². The fraction of sp³-hybridized carbons (Fsp3) is 0.111. The number of halogens is 1. The van der Waals surface area contributed by atoms with E-state index >= 15 is 0 Å². The molecule has 0 unspecified atom stereocenters. The molecule has 0 aliphatic rings. The third-order valence-electron chi connectivity index (χ3n) is 3.47. The van der Waals surface area contributed by atoms with Gasteiger partial charge in [-0.15, -0.1) is 11.3 Å². The molecular weight excluding hydrogens is 436 g/mol. The lowest BCUT2D eigenvalue weighted by molar-refractivity contribution is -0.113. The van der Waals surface area contributed by atoms with Crippen LogP contribution in [0.3, 0.4) is 0 Å². The Morgan fingerprint density at radius 1 is 1.08 bits per heavy atom. The molecule has 0 spiro atoms. The summed E-state index contributed by atoms with van der Waals surface area (Å²) < 4.78 is 25.3. The quantitative estimate of drug-likeness (QED) is 0.612. The van der Waals surface area contributed by atoms with E-state index in [-0.39, 0.29) is 5.75 Å². The van der Waals surface area contributed by atoms with Gasteiger partial charge in [0.15, 0.2) is 15.0 Å². The summed E-state index contributed by atoms with van der Waals surface area (Å²) in [7, 11) is -3.54. The van der Waals surface area contributed by atoms with Gasteiger partial charge < -0.3 is 5.32 Å². The minimum Gasteiger partial charge on any atom is -0.301 e. The molecule has 3 aromatic rings. The number of thiazole rings is 1. The highest BCUT2D eigenvalue weighted by Crippen LogP contribution is 2.26. The Labute approximate surface area is 164 Å². The van der Waals surface area contributed by atoms with E-state index in [2.05, 4.69) is 26.2 Å². The van der Waals surface area contributed by atoms with Crippen LogP contribution in [-0.4, -0.2) is 25.1 Å². The van der Waals surface area contributed by atoms with Gasteiger partial charge in [-0.25, -0.2) is 13.4 Å². The number of anilines is 1. The smallest absolute Gasteiger partial charge is 0.241 e. The van der Waals surface area contributed by atoms with E-state index in [0.717, 1.165) is 15.7 Å². The number of carbonyl (C=O) groups is 1. The summed E-state index contributed by atoms with van der Waals surface area (Å²) in [6.45, 7) is 0. The summed E-state index contributed by atoms with van der Waals surface area (Å²) in [5, 5.41) is 4.76. The van der Waals surface area contributed by atoms with Crippen molar-refractivity contribution in [3.63, 3.8) is 0 Å². The molecule has 134 valence electrons. The van der Waals surface area contributed by atoms with Crippen LogP contribution in [0.15, 0.2) is 64.5 Å². The maximum atomic E-state index is 12.2. The minimum atomic E-state index is -3.54. The number of hydrogen-bond acceptors (Lipinski definition) is 5. The zero-order valence-corrected chi connectivity index (χ0v) is 16.8. The molecule has 0 atom stereocenters. The van der Waals surface area contributed by atoms with Crippen LogP contribution >= 0.6 is 27.3 Å². The first-order valence-electron chi connectivity index (χ1n) is 7.67. The Morgan fingerprint density at radius 2 is 1.77 bits per heavy atom. The number of hydrogen-bond donors (Lipinski definition) is 1. The van der Waals surface area contributed by atoms with Gasteiger partial charge >= 0.3 is 0 Å². The van der Waals surface area contributed by atoms with Crippen LogP contribution in [0.5, 0.6) is 0 Å². The second kappa shape index (κ2) is 8.11. The van der Waals surface area contributed by atoms with Gasteiger partial charge in [0.1, 0.15) is 5.75 Å². The lowest BCUT2D eigenvalue weighted by atomic mass is 10.2. The lowest BCUT2D eigenvalue weighted by Crippen LogP contribution is -2.23. The zero-order valence-electron chi connectivity index (χ0n) is 13.6. The predicted molar refractivity (Wildman–Crippen MR) is 108 cm³/mol. The molecule has 3 rings (SSSR count). The van der Waals surface area contributed by atoms with Crippen molar-refractivity contribution in [2.45, 2.75) is 5.75 Å². The van der Waals surface area contributed by atoms with Crippen LogP contribution in [-0.2, 0) is 20.4 Å². The topological polar surface area (TPSA) is 76.1 Å². The number of benzene rings is 2. The van der Waals surface area contributed by atoms with Crippen LogP contribution in [0, 0.1) is 0 Å². The monoisotopic (exact) mass is 450 g/mol. The average Bonchev–Trinajstić information content (AvgIpc) is 3.03. The highest BCUT2D eigenvalue weighted by atomic mass is 79.9. The van der Waals surface area contributed by atoms with E-state index in [1.54, 1.807) is 24.3 Å². The van der Waals surface area contributed by atoms with Gasteiger partial charge in [0.25, 0.3) is 0 Å². The highest BCUT2D eigenvalue weighted by molar-refractivity contribution is 9.10. The summed E-state index contributed by atoms with van der Waals surface area (Å²) in [5.41, 5.74) is 2.30. The first kappa shape index (κ1) is 18.8. The Morgan fingerprint density at radius 3 is 2.46 bits per heavy atom. The summed E-state index contributed by atoms with van der Waals surface area (Å²) in [6, 6.07) is 16.4. The Bertz CT molecular complexity index is 1000. The normalized spacial score (nSPS) is 11.3. The van der Waals surface area contributed by atoms with E-state index in [4.69, 9.17) is 0 Å². The minimum absolute atomic E-state index is 0.163. The van der Waals surface area contributed by atoms with Crippen molar-refractivity contribution in [3.05, 3.63) is 70.0 Å². The summed E-state index contributed by atoms with van der Waals surface area (Å²) >= 11 is 4.63. The van der Waals surface area contributed by atoms with Crippen molar-refractivity contribution in [2.24, 2.45) is 0 Å². The molecule has 1 heterocycles. The van der Waals surface area contributed by atoms with Crippen LogP contribution in [0.1, 0.15) is 5.56 Å². The highest BCUT2D eigenvalue weighted by Gasteiger charge is 2.18. The van der Waals surface area contributed by atoms with E-state index in [9.17, 15) is 13.2 Å². The van der Waals surface area contributed by atoms with Gasteiger partial charge in [0.05, 0.1) is 11.4 Å². The fourth-order valence-electron chi connectivity index (χ4n) is 2.32. The van der Waals surface area contributed by atoms with Crippen LogP contribution in [0.25, 0.3) is 11.3 Å². The number of rotatable bonds is 6. The first-order valence-corrected chi connectivity index (χ1v) is 11.2. The van der Waals surface area contributed by atoms with E-state index in [0.29, 0.717) is 10.7 Å².